The van der Waals surface area contributed by atoms with E-state index in [1.807, 2.05) is 30.5 Å². The molecule has 1 aromatic rings. The lowest BCUT2D eigenvalue weighted by Crippen LogP contribution is -2.42. The maximum atomic E-state index is 12.1. The van der Waals surface area contributed by atoms with E-state index in [1.54, 1.807) is 18.7 Å². The normalized spacial score (nSPS) is 17.9. The lowest BCUT2D eigenvalue weighted by Gasteiger charge is -2.28. The minimum atomic E-state index is -0.872. The van der Waals surface area contributed by atoms with Crippen LogP contribution in [0, 0.1) is 0 Å². The first kappa shape index (κ1) is 17.2. The summed E-state index contributed by atoms with van der Waals surface area (Å²) in [5.74, 6) is 0.466. The molecule has 1 fully saturated rings. The van der Waals surface area contributed by atoms with Crippen LogP contribution in [0.3, 0.4) is 0 Å². The van der Waals surface area contributed by atoms with Gasteiger partial charge in [-0.25, -0.2) is 0 Å². The van der Waals surface area contributed by atoms with Crippen LogP contribution in [-0.2, 0) is 0 Å². The highest BCUT2D eigenvalue weighted by atomic mass is 32.2. The molecule has 2 N–H and O–H groups in total. The van der Waals surface area contributed by atoms with Gasteiger partial charge >= 0.3 is 0 Å². The number of nitrogens with one attached hydrogen (secondary N) is 1. The molecule has 5 heteroatoms. The van der Waals surface area contributed by atoms with E-state index in [0.717, 1.165) is 13.1 Å². The van der Waals surface area contributed by atoms with Gasteiger partial charge in [-0.05, 0) is 56.7 Å². The Morgan fingerprint density at radius 3 is 2.50 bits per heavy atom. The van der Waals surface area contributed by atoms with Gasteiger partial charge in [-0.2, -0.15) is 11.8 Å². The predicted octanol–water partition coefficient (Wildman–Crippen LogP) is 2.52. The maximum absolute atomic E-state index is 12.1. The van der Waals surface area contributed by atoms with Gasteiger partial charge in [0.1, 0.15) is 0 Å². The van der Waals surface area contributed by atoms with Gasteiger partial charge in [0.25, 0.3) is 5.91 Å². The Kier molecular flexibility index (Phi) is 6.15. The van der Waals surface area contributed by atoms with Gasteiger partial charge in [0.05, 0.1) is 5.60 Å². The summed E-state index contributed by atoms with van der Waals surface area (Å²) in [5.41, 5.74) is 0.953. The number of carbonyl (C=O) groups is 1. The monoisotopic (exact) mass is 322 g/mol. The van der Waals surface area contributed by atoms with E-state index < -0.39 is 5.60 Å². The van der Waals surface area contributed by atoms with E-state index in [0.29, 0.717) is 11.3 Å². The molecule has 4 nitrogen and oxygen atoms in total. The minimum absolute atomic E-state index is 0.133. The fourth-order valence-electron chi connectivity index (χ4n) is 2.71. The van der Waals surface area contributed by atoms with Crippen LogP contribution in [0.4, 0.5) is 5.69 Å². The second-order valence-electron chi connectivity index (χ2n) is 6.21. The summed E-state index contributed by atoms with van der Waals surface area (Å²) in [4.78, 5) is 14.5. The molecule has 1 heterocycles. The largest absolute Gasteiger partial charge is 0.387 e. The average molecular weight is 322 g/mol. The molecule has 0 aromatic heterocycles. The van der Waals surface area contributed by atoms with Crippen LogP contribution < -0.4 is 10.2 Å². The molecule has 1 aromatic carbocycles. The molecule has 122 valence electrons. The summed E-state index contributed by atoms with van der Waals surface area (Å²) in [7, 11) is 0. The second kappa shape index (κ2) is 7.88. The second-order valence-corrected chi connectivity index (χ2v) is 7.07. The zero-order valence-corrected chi connectivity index (χ0v) is 14.3. The Morgan fingerprint density at radius 2 is 1.91 bits per heavy atom. The Balaban J connectivity index is 1.90. The van der Waals surface area contributed by atoms with Crippen molar-refractivity contribution >= 4 is 23.4 Å². The van der Waals surface area contributed by atoms with Gasteiger partial charge in [-0.1, -0.05) is 0 Å². The van der Waals surface area contributed by atoms with Crippen LogP contribution in [0.1, 0.15) is 36.5 Å². The Hall–Kier alpha value is -1.20. The summed E-state index contributed by atoms with van der Waals surface area (Å²) < 4.78 is 0. The Morgan fingerprint density at radius 1 is 1.27 bits per heavy atom. The molecule has 0 spiro atoms. The third kappa shape index (κ3) is 4.92. The number of hydrogen-bond acceptors (Lipinski definition) is 4. The molecular formula is C17H26N2O2S. The van der Waals surface area contributed by atoms with Crippen molar-refractivity contribution in [3.63, 3.8) is 0 Å². The molecule has 1 atom stereocenters. The number of aliphatic hydroxyl groups is 1. The first-order valence-electron chi connectivity index (χ1n) is 7.86. The van der Waals surface area contributed by atoms with Crippen molar-refractivity contribution in [3.8, 4) is 0 Å². The molecule has 1 unspecified atom stereocenters. The molecule has 1 saturated heterocycles. The lowest BCUT2D eigenvalue weighted by atomic mass is 10.1. The van der Waals surface area contributed by atoms with Crippen molar-refractivity contribution in [2.75, 3.05) is 36.5 Å². The standard InChI is InChI=1S/C17H26N2O2S/c1-17(21,13-22-2)12-18-16(20)14-6-8-15(9-7-14)19-10-4-3-5-11-19/h6-9,21H,3-5,10-13H2,1-2H3,(H,18,20). The van der Waals surface area contributed by atoms with Crippen LogP contribution in [0.5, 0.6) is 0 Å². The highest BCUT2D eigenvalue weighted by Gasteiger charge is 2.21. The van der Waals surface area contributed by atoms with Crippen molar-refractivity contribution in [3.05, 3.63) is 29.8 Å². The van der Waals surface area contributed by atoms with Crippen LogP contribution in [0.25, 0.3) is 0 Å². The number of thioether (sulfide) groups is 1. The minimum Gasteiger partial charge on any atom is -0.387 e. The number of benzene rings is 1. The molecule has 1 amide bonds. The number of piperidine rings is 1. The van der Waals surface area contributed by atoms with Gasteiger partial charge in [0.2, 0.25) is 0 Å². The van der Waals surface area contributed by atoms with E-state index >= 15 is 0 Å². The third-order valence-electron chi connectivity index (χ3n) is 3.94. The number of hydrogen-bond donors (Lipinski definition) is 2. The van der Waals surface area contributed by atoms with Gasteiger partial charge in [-0.3, -0.25) is 4.79 Å². The van der Waals surface area contributed by atoms with E-state index in [2.05, 4.69) is 10.2 Å². The van der Waals surface area contributed by atoms with Gasteiger partial charge in [0, 0.05) is 36.6 Å². The van der Waals surface area contributed by atoms with Gasteiger partial charge in [0.15, 0.2) is 0 Å². The number of carbonyl (C=O) groups excluding carboxylic acids is 1. The Labute approximate surface area is 137 Å². The van der Waals surface area contributed by atoms with Crippen LogP contribution in [0.2, 0.25) is 0 Å². The summed E-state index contributed by atoms with van der Waals surface area (Å²) in [5, 5.41) is 12.9. The van der Waals surface area contributed by atoms with E-state index in [1.165, 1.54) is 24.9 Å². The summed E-state index contributed by atoms with van der Waals surface area (Å²) in [6.07, 6.45) is 5.74. The van der Waals surface area contributed by atoms with Crippen molar-refractivity contribution < 1.29 is 9.90 Å². The molecule has 22 heavy (non-hydrogen) atoms. The first-order valence-corrected chi connectivity index (χ1v) is 9.26. The van der Waals surface area contributed by atoms with Crippen molar-refractivity contribution in [1.82, 2.24) is 5.32 Å². The molecule has 0 aliphatic carbocycles. The van der Waals surface area contributed by atoms with Crippen molar-refractivity contribution in [2.45, 2.75) is 31.8 Å². The summed E-state index contributed by atoms with van der Waals surface area (Å²) in [6, 6.07) is 7.76. The van der Waals surface area contributed by atoms with Crippen molar-refractivity contribution in [1.29, 1.82) is 0 Å². The molecule has 0 radical (unpaired) electrons. The average Bonchev–Trinajstić information content (AvgIpc) is 2.54. The number of nitrogens with zero attached hydrogens (tertiary/aromatic N) is 1. The zero-order chi connectivity index (χ0) is 16.0. The van der Waals surface area contributed by atoms with Gasteiger partial charge < -0.3 is 15.3 Å². The third-order valence-corrected chi connectivity index (χ3v) is 4.85. The summed E-state index contributed by atoms with van der Waals surface area (Å²) in [6.45, 7) is 4.20. The number of amides is 1. The van der Waals surface area contributed by atoms with Crippen LogP contribution in [0.15, 0.2) is 24.3 Å². The zero-order valence-electron chi connectivity index (χ0n) is 13.5. The molecule has 1 aliphatic rings. The Bertz CT molecular complexity index is 482. The topological polar surface area (TPSA) is 52.6 Å². The molecule has 2 rings (SSSR count). The lowest BCUT2D eigenvalue weighted by molar-refractivity contribution is 0.0725. The van der Waals surface area contributed by atoms with Crippen LogP contribution in [-0.4, -0.2) is 48.3 Å². The highest BCUT2D eigenvalue weighted by Crippen LogP contribution is 2.20. The number of rotatable bonds is 6. The first-order chi connectivity index (χ1) is 10.5. The fourth-order valence-corrected chi connectivity index (χ4v) is 3.43. The summed E-state index contributed by atoms with van der Waals surface area (Å²) >= 11 is 1.57. The molecule has 1 aliphatic heterocycles. The highest BCUT2D eigenvalue weighted by molar-refractivity contribution is 7.98. The smallest absolute Gasteiger partial charge is 0.251 e. The van der Waals surface area contributed by atoms with E-state index in [9.17, 15) is 9.90 Å². The molecular weight excluding hydrogens is 296 g/mol. The molecule has 0 bridgehead atoms. The molecule has 0 saturated carbocycles. The predicted molar refractivity (Wildman–Crippen MR) is 93.8 cm³/mol. The fraction of sp³-hybridized carbons (Fsp3) is 0.588. The van der Waals surface area contributed by atoms with Crippen molar-refractivity contribution in [2.24, 2.45) is 0 Å². The number of anilines is 1. The van der Waals surface area contributed by atoms with E-state index in [-0.39, 0.29) is 12.5 Å². The van der Waals surface area contributed by atoms with E-state index in [4.69, 9.17) is 0 Å². The van der Waals surface area contributed by atoms with Crippen LogP contribution >= 0.6 is 11.8 Å². The van der Waals surface area contributed by atoms with Gasteiger partial charge in [-0.15, -0.1) is 0 Å². The SMILES string of the molecule is CSCC(C)(O)CNC(=O)c1ccc(N2CCCCC2)cc1. The quantitative estimate of drug-likeness (QED) is 0.845. The maximum Gasteiger partial charge on any atom is 0.251 e.